The van der Waals surface area contributed by atoms with E-state index in [0.717, 1.165) is 16.7 Å². The molecule has 0 fully saturated rings. The minimum Gasteiger partial charge on any atom is -0.300 e. The smallest absolute Gasteiger partial charge is 0.167 e. The van der Waals surface area contributed by atoms with Gasteiger partial charge in [-0.15, -0.1) is 0 Å². The van der Waals surface area contributed by atoms with Crippen molar-refractivity contribution in [2.45, 2.75) is 60.8 Å². The van der Waals surface area contributed by atoms with Crippen molar-refractivity contribution >= 4 is 22.9 Å². The van der Waals surface area contributed by atoms with Gasteiger partial charge in [-0.3, -0.25) is 9.59 Å². The molecule has 0 saturated heterocycles. The Balaban J connectivity index is 0.000000407. The number of carbonyl (C=O) groups excluding carboxylic acids is 3. The Labute approximate surface area is 146 Å². The summed E-state index contributed by atoms with van der Waals surface area (Å²) >= 11 is 0. The maximum Gasteiger partial charge on any atom is 0.167 e. The molecule has 3 nitrogen and oxygen atoms in total. The van der Waals surface area contributed by atoms with Crippen LogP contribution in [0.5, 0.6) is 0 Å². The Morgan fingerprint density at radius 1 is 1.17 bits per heavy atom. The summed E-state index contributed by atoms with van der Waals surface area (Å²) in [6.07, 6.45) is 1.73. The fraction of sp³-hybridized carbons (Fsp3) is 0.476. The van der Waals surface area contributed by atoms with Crippen molar-refractivity contribution in [1.29, 1.82) is 0 Å². The van der Waals surface area contributed by atoms with Crippen molar-refractivity contribution in [2.24, 2.45) is 5.92 Å². The molecule has 1 atom stereocenters. The lowest BCUT2D eigenvalue weighted by molar-refractivity contribution is -0.121. The molecule has 1 aliphatic rings. The molecule has 0 aliphatic heterocycles. The van der Waals surface area contributed by atoms with Crippen molar-refractivity contribution in [3.05, 3.63) is 41.5 Å². The van der Waals surface area contributed by atoms with E-state index < -0.39 is 0 Å². The first-order valence-electron chi connectivity index (χ1n) is 8.54. The van der Waals surface area contributed by atoms with Gasteiger partial charge in [-0.25, -0.2) is 0 Å². The lowest BCUT2D eigenvalue weighted by Crippen LogP contribution is -2.07. The predicted octanol–water partition coefficient (Wildman–Crippen LogP) is 5.20. The minimum atomic E-state index is 0.0453. The second kappa shape index (κ2) is 10.7. The predicted molar refractivity (Wildman–Crippen MR) is 100 cm³/mol. The van der Waals surface area contributed by atoms with Crippen molar-refractivity contribution in [3.8, 4) is 0 Å². The molecule has 0 bridgehead atoms. The van der Waals surface area contributed by atoms with Crippen molar-refractivity contribution in [1.82, 2.24) is 0 Å². The van der Waals surface area contributed by atoms with E-state index in [0.29, 0.717) is 19.3 Å². The van der Waals surface area contributed by atoms with Gasteiger partial charge in [0.25, 0.3) is 0 Å². The van der Waals surface area contributed by atoms with Crippen LogP contribution in [-0.2, 0) is 9.59 Å². The molecule has 0 amide bonds. The zero-order valence-corrected chi connectivity index (χ0v) is 15.9. The second-order valence-corrected chi connectivity index (χ2v) is 6.00. The largest absolute Gasteiger partial charge is 0.300 e. The van der Waals surface area contributed by atoms with Crippen LogP contribution in [0.25, 0.3) is 5.57 Å². The zero-order chi connectivity index (χ0) is 18.9. The number of carbonyl (C=O) groups is 3. The average molecular weight is 330 g/mol. The van der Waals surface area contributed by atoms with Crippen LogP contribution in [0, 0.1) is 12.8 Å². The molecule has 132 valence electrons. The third-order valence-electron chi connectivity index (χ3n) is 3.85. The summed E-state index contributed by atoms with van der Waals surface area (Å²) in [7, 11) is 0. The number of hydrogen-bond acceptors (Lipinski definition) is 3. The third-order valence-corrected chi connectivity index (χ3v) is 3.85. The Bertz CT molecular complexity index is 612. The van der Waals surface area contributed by atoms with Crippen LogP contribution in [0.4, 0.5) is 0 Å². The molecular formula is C21H30O3. The van der Waals surface area contributed by atoms with Gasteiger partial charge in [-0.1, -0.05) is 51.1 Å². The lowest BCUT2D eigenvalue weighted by atomic mass is 10.0. The monoisotopic (exact) mass is 330 g/mol. The molecule has 3 heteroatoms. The van der Waals surface area contributed by atoms with Crippen LogP contribution in [0.1, 0.15) is 75.4 Å². The van der Waals surface area contributed by atoms with Gasteiger partial charge in [0.05, 0.1) is 0 Å². The van der Waals surface area contributed by atoms with E-state index in [1.807, 2.05) is 45.9 Å². The number of aryl methyl sites for hydroxylation is 1. The SMILES string of the molecule is C=C1CC(=O)c2ccc(C)cc21.CC.CC(=O)CCC(C)C(C)=O. The standard InChI is InChI=1S/C11H10O.C8H14O2.C2H6/c1-7-3-4-9-10(5-7)8(2)6-11(9)12;1-6(8(3)10)4-5-7(2)9;1-2/h3-5H,2,6H2,1H3;6H,4-5H2,1-3H3;1-2H3. The fourth-order valence-corrected chi connectivity index (χ4v) is 2.20. The Morgan fingerprint density at radius 3 is 2.25 bits per heavy atom. The molecule has 0 heterocycles. The summed E-state index contributed by atoms with van der Waals surface area (Å²) < 4.78 is 0. The lowest BCUT2D eigenvalue weighted by Gasteiger charge is -2.03. The summed E-state index contributed by atoms with van der Waals surface area (Å²) in [5, 5.41) is 0. The van der Waals surface area contributed by atoms with Crippen LogP contribution < -0.4 is 0 Å². The van der Waals surface area contributed by atoms with Gasteiger partial charge < -0.3 is 4.79 Å². The highest BCUT2D eigenvalue weighted by Crippen LogP contribution is 2.30. The molecule has 1 unspecified atom stereocenters. The van der Waals surface area contributed by atoms with Gasteiger partial charge in [-0.05, 0) is 38.3 Å². The normalized spacial score (nSPS) is 13.1. The average Bonchev–Trinajstić information content (AvgIpc) is 2.81. The number of hydrogen-bond donors (Lipinski definition) is 0. The summed E-state index contributed by atoms with van der Waals surface area (Å²) in [4.78, 5) is 32.4. The topological polar surface area (TPSA) is 51.2 Å². The second-order valence-electron chi connectivity index (χ2n) is 6.00. The first kappa shape index (κ1) is 22.0. The van der Waals surface area contributed by atoms with Gasteiger partial charge in [-0.2, -0.15) is 0 Å². The van der Waals surface area contributed by atoms with E-state index in [-0.39, 0.29) is 23.3 Å². The number of benzene rings is 1. The molecule has 1 aromatic rings. The highest BCUT2D eigenvalue weighted by Gasteiger charge is 2.21. The van der Waals surface area contributed by atoms with Crippen LogP contribution >= 0.6 is 0 Å². The maximum atomic E-state index is 11.3. The van der Waals surface area contributed by atoms with Crippen molar-refractivity contribution in [2.75, 3.05) is 0 Å². The minimum absolute atomic E-state index is 0.0453. The molecule has 0 N–H and O–H groups in total. The van der Waals surface area contributed by atoms with E-state index >= 15 is 0 Å². The first-order valence-corrected chi connectivity index (χ1v) is 8.54. The van der Waals surface area contributed by atoms with Crippen LogP contribution in [0.2, 0.25) is 0 Å². The van der Waals surface area contributed by atoms with Gasteiger partial charge in [0.2, 0.25) is 0 Å². The number of allylic oxidation sites excluding steroid dienone is 1. The number of fused-ring (bicyclic) bond motifs is 1. The van der Waals surface area contributed by atoms with Gasteiger partial charge >= 0.3 is 0 Å². The molecular weight excluding hydrogens is 300 g/mol. The van der Waals surface area contributed by atoms with Crippen LogP contribution in [-0.4, -0.2) is 17.3 Å². The van der Waals surface area contributed by atoms with Gasteiger partial charge in [0.15, 0.2) is 5.78 Å². The maximum absolute atomic E-state index is 11.3. The summed E-state index contributed by atoms with van der Waals surface area (Å²) in [6.45, 7) is 14.9. The van der Waals surface area contributed by atoms with E-state index in [1.54, 1.807) is 13.8 Å². The Morgan fingerprint density at radius 2 is 1.75 bits per heavy atom. The summed E-state index contributed by atoms with van der Waals surface area (Å²) in [6, 6.07) is 5.89. The Hall–Kier alpha value is -2.03. The van der Waals surface area contributed by atoms with E-state index in [4.69, 9.17) is 0 Å². The molecule has 2 rings (SSSR count). The van der Waals surface area contributed by atoms with E-state index in [9.17, 15) is 14.4 Å². The fourth-order valence-electron chi connectivity index (χ4n) is 2.20. The summed E-state index contributed by atoms with van der Waals surface area (Å²) in [5.41, 5.74) is 4.02. The third kappa shape index (κ3) is 7.03. The Kier molecular flexibility index (Phi) is 9.79. The van der Waals surface area contributed by atoms with Crippen LogP contribution in [0.15, 0.2) is 24.8 Å². The highest BCUT2D eigenvalue weighted by molar-refractivity contribution is 6.11. The van der Waals surface area contributed by atoms with Gasteiger partial charge in [0.1, 0.15) is 11.6 Å². The van der Waals surface area contributed by atoms with Crippen LogP contribution in [0.3, 0.4) is 0 Å². The first-order chi connectivity index (χ1) is 11.2. The molecule has 0 spiro atoms. The number of ketones is 3. The molecule has 1 aliphatic carbocycles. The summed E-state index contributed by atoms with van der Waals surface area (Å²) in [5.74, 6) is 0.577. The highest BCUT2D eigenvalue weighted by atomic mass is 16.1. The molecule has 0 saturated carbocycles. The molecule has 24 heavy (non-hydrogen) atoms. The number of rotatable bonds is 4. The number of Topliss-reactive ketones (excluding diaryl/α,β-unsaturated/α-hetero) is 3. The van der Waals surface area contributed by atoms with E-state index in [1.165, 1.54) is 5.56 Å². The molecule has 1 aromatic carbocycles. The molecule has 0 aromatic heterocycles. The van der Waals surface area contributed by atoms with Crippen molar-refractivity contribution < 1.29 is 14.4 Å². The van der Waals surface area contributed by atoms with E-state index in [2.05, 4.69) is 6.58 Å². The quantitative estimate of drug-likeness (QED) is 0.762. The van der Waals surface area contributed by atoms with Crippen molar-refractivity contribution in [3.63, 3.8) is 0 Å². The van der Waals surface area contributed by atoms with Gasteiger partial charge in [0, 0.05) is 24.3 Å². The zero-order valence-electron chi connectivity index (χ0n) is 15.9. The molecule has 0 radical (unpaired) electrons.